The normalized spacial score (nSPS) is 14.5. The van der Waals surface area contributed by atoms with Crippen LogP contribution < -0.4 is 10.9 Å². The van der Waals surface area contributed by atoms with Crippen LogP contribution in [-0.4, -0.2) is 48.3 Å². The van der Waals surface area contributed by atoms with Gasteiger partial charge in [0.25, 0.3) is 0 Å². The van der Waals surface area contributed by atoms with Crippen molar-refractivity contribution in [1.29, 1.82) is 0 Å². The molecule has 6 aromatic carbocycles. The first-order valence-corrected chi connectivity index (χ1v) is 27.2. The van der Waals surface area contributed by atoms with Crippen molar-refractivity contribution in [2.75, 3.05) is 13.2 Å². The molecule has 0 N–H and O–H groups in total. The maximum atomic E-state index is 13.1. The summed E-state index contributed by atoms with van der Waals surface area (Å²) in [6.07, 6.45) is 9.16. The van der Waals surface area contributed by atoms with E-state index in [2.05, 4.69) is 0 Å². The van der Waals surface area contributed by atoms with Gasteiger partial charge >= 0.3 is 23.9 Å². The van der Waals surface area contributed by atoms with Crippen molar-refractivity contribution in [2.45, 2.75) is 103 Å². The van der Waals surface area contributed by atoms with Crippen LogP contribution in [0.1, 0.15) is 110 Å². The lowest BCUT2D eigenvalue weighted by Crippen LogP contribution is -2.33. The van der Waals surface area contributed by atoms with Crippen LogP contribution in [-0.2, 0) is 28.5 Å². The van der Waals surface area contributed by atoms with Gasteiger partial charge in [0, 0.05) is 44.2 Å². The molecular weight excluding hydrogens is 1070 g/mol. The number of carbonyl (C=O) groups is 4. The first kappa shape index (κ1) is 53.0. The first-order chi connectivity index (χ1) is 34.8. The summed E-state index contributed by atoms with van der Waals surface area (Å²) >= 11 is 0. The minimum Gasteiger partial charge on any atom is -0.457 e. The minimum absolute atomic E-state index is 0. The van der Waals surface area contributed by atoms with Crippen LogP contribution in [0.4, 0.5) is 0 Å². The third kappa shape index (κ3) is 11.0. The SMILES string of the molecule is CCC1(OC(=O)COC(=O)c2ccc(C)c(-[s+]3c4ccccc4c(=O)c4ccccc43)c2)CCCC1.CCC1(OC(=O)COC(=O)c2ccc(C)c(-[s+]3c4ccccc4c(=O)c4ccccc43)c2)CCCC1.I. The summed E-state index contributed by atoms with van der Waals surface area (Å²) in [6.45, 7) is 7.23. The summed E-state index contributed by atoms with van der Waals surface area (Å²) in [5.74, 6) is -2.14. The van der Waals surface area contributed by atoms with Crippen LogP contribution >= 0.6 is 44.9 Å². The number of ether oxygens (including phenoxy) is 4. The molecule has 0 atom stereocenters. The number of aryl methyl sites for hydroxylation is 2. The topological polar surface area (TPSA) is 139 Å². The second-order valence-electron chi connectivity index (χ2n) is 18.8. The van der Waals surface area contributed by atoms with E-state index in [1.165, 1.54) is 0 Å². The predicted molar refractivity (Wildman–Crippen MR) is 304 cm³/mol. The maximum Gasteiger partial charge on any atom is 0.344 e. The fraction of sp³-hybridized carbons (Fsp3) is 0.300. The highest BCUT2D eigenvalue weighted by Crippen LogP contribution is 2.47. The molecule has 10 rings (SSSR count). The van der Waals surface area contributed by atoms with Crippen LogP contribution in [0.2, 0.25) is 0 Å². The predicted octanol–water partition coefficient (Wildman–Crippen LogP) is 14.3. The molecule has 2 aromatic heterocycles. The third-order valence-corrected chi connectivity index (χ3v) is 19.3. The zero-order valence-electron chi connectivity index (χ0n) is 41.5. The molecule has 10 nitrogen and oxygen atoms in total. The molecule has 0 bridgehead atoms. The van der Waals surface area contributed by atoms with Gasteiger partial charge in [-0.25, -0.2) is 19.2 Å². The Morgan fingerprint density at radius 2 is 0.767 bits per heavy atom. The molecule has 73 heavy (non-hydrogen) atoms. The summed E-state index contributed by atoms with van der Waals surface area (Å²) in [7, 11) is -1.12. The molecule has 8 aromatic rings. The number of fused-ring (bicyclic) bond motifs is 4. The van der Waals surface area contributed by atoms with Crippen molar-refractivity contribution in [3.63, 3.8) is 0 Å². The molecule has 0 radical (unpaired) electrons. The van der Waals surface area contributed by atoms with Gasteiger partial charge < -0.3 is 18.9 Å². The van der Waals surface area contributed by atoms with Gasteiger partial charge in [0.05, 0.1) is 32.7 Å². The number of esters is 4. The Balaban J connectivity index is 0.000000192. The number of rotatable bonds is 12. The van der Waals surface area contributed by atoms with Gasteiger partial charge in [-0.2, -0.15) is 0 Å². The van der Waals surface area contributed by atoms with Crippen molar-refractivity contribution in [1.82, 2.24) is 0 Å². The number of hydrogen-bond donors (Lipinski definition) is 0. The smallest absolute Gasteiger partial charge is 0.344 e. The molecule has 0 aliphatic heterocycles. The molecular formula is C60H59IO10S2+2. The molecule has 13 heteroatoms. The lowest BCUT2D eigenvalue weighted by Gasteiger charge is -2.27. The fourth-order valence-electron chi connectivity index (χ4n) is 10.3. The highest BCUT2D eigenvalue weighted by molar-refractivity contribution is 14.0. The summed E-state index contributed by atoms with van der Waals surface area (Å²) in [5, 5.41) is 2.75. The Morgan fingerprint density at radius 3 is 1.07 bits per heavy atom. The molecule has 0 unspecified atom stereocenters. The number of hydrogen-bond acceptors (Lipinski definition) is 10. The van der Waals surface area contributed by atoms with Gasteiger partial charge in [0.1, 0.15) is 11.2 Å². The third-order valence-electron chi connectivity index (χ3n) is 14.3. The van der Waals surface area contributed by atoms with E-state index in [0.717, 1.165) is 104 Å². The summed E-state index contributed by atoms with van der Waals surface area (Å²) in [6, 6.07) is 41.5. The van der Waals surface area contributed by atoms with E-state index in [1.54, 1.807) is 12.1 Å². The molecule has 2 aliphatic rings. The summed E-state index contributed by atoms with van der Waals surface area (Å²) in [5.41, 5.74) is 1.97. The average molecular weight is 1130 g/mol. The van der Waals surface area contributed by atoms with Crippen LogP contribution in [0, 0.1) is 13.8 Å². The molecule has 2 aliphatic carbocycles. The van der Waals surface area contributed by atoms with E-state index < -0.39 is 69.2 Å². The molecule has 2 fully saturated rings. The minimum atomic E-state index is -0.566. The van der Waals surface area contributed by atoms with Gasteiger partial charge in [-0.3, -0.25) is 9.59 Å². The highest BCUT2D eigenvalue weighted by atomic mass is 127. The van der Waals surface area contributed by atoms with Crippen LogP contribution in [0.25, 0.3) is 50.1 Å². The van der Waals surface area contributed by atoms with Gasteiger partial charge in [-0.15, -0.1) is 24.0 Å². The van der Waals surface area contributed by atoms with Crippen molar-refractivity contribution in [2.24, 2.45) is 0 Å². The molecule has 0 amide bonds. The van der Waals surface area contributed by atoms with Crippen LogP contribution in [0.15, 0.2) is 143 Å². The molecule has 2 heterocycles. The summed E-state index contributed by atoms with van der Waals surface area (Å²) < 4.78 is 25.9. The second-order valence-corrected chi connectivity index (χ2v) is 22.7. The fourth-order valence-corrected chi connectivity index (χ4v) is 15.3. The van der Waals surface area contributed by atoms with E-state index in [0.29, 0.717) is 32.7 Å². The van der Waals surface area contributed by atoms with E-state index >= 15 is 0 Å². The van der Waals surface area contributed by atoms with E-state index in [-0.39, 0.29) is 34.8 Å². The molecule has 0 spiro atoms. The number of halogens is 1. The lowest BCUT2D eigenvalue weighted by molar-refractivity contribution is -0.164. The maximum absolute atomic E-state index is 13.1. The molecule has 376 valence electrons. The van der Waals surface area contributed by atoms with Gasteiger partial charge in [0.15, 0.2) is 41.8 Å². The van der Waals surface area contributed by atoms with Gasteiger partial charge in [-0.05, 0) is 139 Å². The standard InChI is InChI=1S/2C30H29O5S.HI/c2*1-3-30(16-8-9-17-30)35-27(31)19-34-29(33)21-15-14-20(2)26(18-21)36-24-12-6-4-10-22(24)28(32)23-11-5-7-13-25(23)36;/h2*4-7,10-15,18H,3,8-9,16-17,19H2,1-2H3;1H/q2*+1;. The Hall–Kier alpha value is -6.29. The number of carbonyl (C=O) groups excluding carboxylic acids is 4. The first-order valence-electron chi connectivity index (χ1n) is 24.8. The Morgan fingerprint density at radius 1 is 0.466 bits per heavy atom. The van der Waals surface area contributed by atoms with Gasteiger partial charge in [-0.1, -0.05) is 74.5 Å². The van der Waals surface area contributed by atoms with E-state index in [4.69, 9.17) is 18.9 Å². The van der Waals surface area contributed by atoms with E-state index in [1.807, 2.05) is 149 Å². The van der Waals surface area contributed by atoms with Crippen molar-refractivity contribution in [3.8, 4) is 9.79 Å². The molecule has 2 saturated carbocycles. The monoisotopic (exact) mass is 1130 g/mol. The lowest BCUT2D eigenvalue weighted by atomic mass is 9.99. The van der Waals surface area contributed by atoms with E-state index in [9.17, 15) is 28.8 Å². The largest absolute Gasteiger partial charge is 0.457 e. The number of benzene rings is 6. The quantitative estimate of drug-likeness (QED) is 0.0382. The Labute approximate surface area is 446 Å². The Kier molecular flexibility index (Phi) is 16.6. The zero-order valence-corrected chi connectivity index (χ0v) is 45.5. The highest BCUT2D eigenvalue weighted by Gasteiger charge is 2.37. The summed E-state index contributed by atoms with van der Waals surface area (Å²) in [4.78, 5) is 79.0. The molecule has 0 saturated heterocycles. The van der Waals surface area contributed by atoms with Gasteiger partial charge in [0.2, 0.25) is 10.9 Å². The van der Waals surface area contributed by atoms with Crippen LogP contribution in [0.3, 0.4) is 0 Å². The van der Waals surface area contributed by atoms with Crippen molar-refractivity contribution < 1.29 is 38.1 Å². The second kappa shape index (κ2) is 22.9. The van der Waals surface area contributed by atoms with Crippen molar-refractivity contribution in [3.05, 3.63) is 176 Å². The zero-order chi connectivity index (χ0) is 50.6. The average Bonchev–Trinajstić information content (AvgIpc) is 4.09. The Bertz CT molecular complexity index is 3180. The van der Waals surface area contributed by atoms with Crippen molar-refractivity contribution >= 4 is 109 Å². The van der Waals surface area contributed by atoms with Crippen LogP contribution in [0.5, 0.6) is 0 Å².